The lowest BCUT2D eigenvalue weighted by molar-refractivity contribution is -0.134. The largest absolute Gasteiger partial charge is 0.466 e. The highest BCUT2D eigenvalue weighted by atomic mass is 32.2. The first-order chi connectivity index (χ1) is 5.83. The number of thioether (sulfide) groups is 1. The van der Waals surface area contributed by atoms with Crippen LogP contribution in [0.1, 0.15) is 19.3 Å². The van der Waals surface area contributed by atoms with Gasteiger partial charge >= 0.3 is 5.97 Å². The fourth-order valence-electron chi connectivity index (χ4n) is 1.21. The summed E-state index contributed by atoms with van der Waals surface area (Å²) in [6, 6.07) is 0. The summed E-state index contributed by atoms with van der Waals surface area (Å²) in [6.45, 7) is 0. The molecule has 1 aliphatic rings. The number of methoxy groups -OCH3 is 1. The number of hydrogen-bond acceptors (Lipinski definition) is 3. The minimum atomic E-state index is -0.252. The van der Waals surface area contributed by atoms with Crippen molar-refractivity contribution in [1.82, 2.24) is 0 Å². The lowest BCUT2D eigenvalue weighted by Gasteiger charge is -2.01. The molecular formula is C9H14O2S. The average molecular weight is 186 g/mol. The predicted octanol–water partition coefficient (Wildman–Crippen LogP) is 2.00. The zero-order chi connectivity index (χ0) is 8.81. The Morgan fingerprint density at radius 3 is 3.17 bits per heavy atom. The van der Waals surface area contributed by atoms with Crippen molar-refractivity contribution in [2.45, 2.75) is 24.5 Å². The van der Waals surface area contributed by atoms with Gasteiger partial charge in [0.25, 0.3) is 0 Å². The highest BCUT2D eigenvalue weighted by molar-refractivity contribution is 8.00. The number of carbonyl (C=O) groups excluding carboxylic acids is 1. The summed E-state index contributed by atoms with van der Waals surface area (Å²) in [5.74, 6) is 1.02. The number of carbonyl (C=O) groups is 1. The minimum absolute atomic E-state index is 0.252. The molecule has 0 saturated carbocycles. The number of ether oxygens (including phenoxy) is 1. The van der Waals surface area contributed by atoms with Crippen LogP contribution >= 0.6 is 11.8 Å². The van der Waals surface area contributed by atoms with Gasteiger partial charge in [0.05, 0.1) is 7.11 Å². The van der Waals surface area contributed by atoms with Crippen molar-refractivity contribution < 1.29 is 9.53 Å². The van der Waals surface area contributed by atoms with E-state index in [1.165, 1.54) is 31.8 Å². The molecule has 0 radical (unpaired) electrons. The van der Waals surface area contributed by atoms with E-state index in [1.807, 2.05) is 17.8 Å². The molecular weight excluding hydrogens is 172 g/mol. The molecule has 1 fully saturated rings. The van der Waals surface area contributed by atoms with Crippen molar-refractivity contribution in [3.05, 3.63) is 12.2 Å². The normalized spacial score (nSPS) is 23.2. The molecule has 0 spiro atoms. The Bertz CT molecular complexity index is 171. The molecule has 3 heteroatoms. The first-order valence-electron chi connectivity index (χ1n) is 4.19. The van der Waals surface area contributed by atoms with Crippen LogP contribution in [0, 0.1) is 0 Å². The van der Waals surface area contributed by atoms with E-state index in [4.69, 9.17) is 0 Å². The Kier molecular flexibility index (Phi) is 4.22. The second-order valence-corrected chi connectivity index (χ2v) is 4.20. The summed E-state index contributed by atoms with van der Waals surface area (Å²) < 4.78 is 4.48. The smallest absolute Gasteiger partial charge is 0.330 e. The summed E-state index contributed by atoms with van der Waals surface area (Å²) in [4.78, 5) is 10.7. The van der Waals surface area contributed by atoms with Crippen molar-refractivity contribution in [2.75, 3.05) is 12.9 Å². The minimum Gasteiger partial charge on any atom is -0.466 e. The summed E-state index contributed by atoms with van der Waals surface area (Å²) in [5.41, 5.74) is 0. The van der Waals surface area contributed by atoms with Gasteiger partial charge in [0.1, 0.15) is 0 Å². The fourth-order valence-corrected chi connectivity index (χ4v) is 2.46. The summed E-state index contributed by atoms with van der Waals surface area (Å²) in [7, 11) is 1.40. The summed E-state index contributed by atoms with van der Waals surface area (Å²) >= 11 is 2.00. The third kappa shape index (κ3) is 3.30. The quantitative estimate of drug-likeness (QED) is 0.498. The fraction of sp³-hybridized carbons (Fsp3) is 0.667. The first-order valence-corrected chi connectivity index (χ1v) is 5.24. The third-order valence-corrected chi connectivity index (χ3v) is 3.30. The Morgan fingerprint density at radius 2 is 2.58 bits per heavy atom. The maximum absolute atomic E-state index is 10.7. The van der Waals surface area contributed by atoms with Crippen LogP contribution in [0.2, 0.25) is 0 Å². The van der Waals surface area contributed by atoms with Gasteiger partial charge in [-0.25, -0.2) is 4.79 Å². The number of esters is 1. The van der Waals surface area contributed by atoms with Crippen LogP contribution < -0.4 is 0 Å². The third-order valence-electron chi connectivity index (χ3n) is 1.88. The number of rotatable bonds is 3. The van der Waals surface area contributed by atoms with E-state index in [2.05, 4.69) is 4.74 Å². The summed E-state index contributed by atoms with van der Waals surface area (Å²) in [5, 5.41) is 0.728. The zero-order valence-electron chi connectivity index (χ0n) is 7.29. The van der Waals surface area contributed by atoms with Gasteiger partial charge in [-0.2, -0.15) is 11.8 Å². The van der Waals surface area contributed by atoms with Crippen LogP contribution in [-0.4, -0.2) is 24.1 Å². The van der Waals surface area contributed by atoms with Gasteiger partial charge in [-0.05, 0) is 25.0 Å². The molecule has 1 rings (SSSR count). The molecule has 0 N–H and O–H groups in total. The average Bonchev–Trinajstić information content (AvgIpc) is 2.57. The lowest BCUT2D eigenvalue weighted by Crippen LogP contribution is -1.96. The number of hydrogen-bond donors (Lipinski definition) is 0. The molecule has 1 aliphatic heterocycles. The van der Waals surface area contributed by atoms with Crippen LogP contribution in [0.3, 0.4) is 0 Å². The topological polar surface area (TPSA) is 26.3 Å². The van der Waals surface area contributed by atoms with Gasteiger partial charge < -0.3 is 4.74 Å². The van der Waals surface area contributed by atoms with Crippen LogP contribution in [0.4, 0.5) is 0 Å². The van der Waals surface area contributed by atoms with E-state index >= 15 is 0 Å². The van der Waals surface area contributed by atoms with E-state index in [0.29, 0.717) is 0 Å². The maximum atomic E-state index is 10.7. The Morgan fingerprint density at radius 1 is 1.75 bits per heavy atom. The molecule has 1 unspecified atom stereocenters. The molecule has 0 amide bonds. The zero-order valence-corrected chi connectivity index (χ0v) is 8.10. The van der Waals surface area contributed by atoms with Crippen molar-refractivity contribution in [3.8, 4) is 0 Å². The van der Waals surface area contributed by atoms with E-state index in [9.17, 15) is 4.79 Å². The molecule has 0 aliphatic carbocycles. The molecule has 2 nitrogen and oxygen atoms in total. The molecule has 68 valence electrons. The summed E-state index contributed by atoms with van der Waals surface area (Å²) in [6.07, 6.45) is 7.03. The van der Waals surface area contributed by atoms with E-state index in [1.54, 1.807) is 0 Å². The molecule has 1 heterocycles. The van der Waals surface area contributed by atoms with E-state index < -0.39 is 0 Å². The molecule has 1 saturated heterocycles. The van der Waals surface area contributed by atoms with Crippen LogP contribution in [0.15, 0.2) is 12.2 Å². The van der Waals surface area contributed by atoms with Gasteiger partial charge in [0.15, 0.2) is 0 Å². The molecule has 0 bridgehead atoms. The molecule has 0 aromatic rings. The Balaban J connectivity index is 2.15. The van der Waals surface area contributed by atoms with Gasteiger partial charge in [-0.3, -0.25) is 0 Å². The Hall–Kier alpha value is -0.440. The van der Waals surface area contributed by atoms with Crippen molar-refractivity contribution in [1.29, 1.82) is 0 Å². The van der Waals surface area contributed by atoms with Crippen LogP contribution in [0.5, 0.6) is 0 Å². The second kappa shape index (κ2) is 5.25. The molecule has 0 aromatic heterocycles. The predicted molar refractivity (Wildman–Crippen MR) is 51.3 cm³/mol. The van der Waals surface area contributed by atoms with E-state index in [0.717, 1.165) is 11.7 Å². The highest BCUT2D eigenvalue weighted by Gasteiger charge is 2.13. The van der Waals surface area contributed by atoms with Gasteiger partial charge in [-0.1, -0.05) is 6.08 Å². The van der Waals surface area contributed by atoms with Crippen molar-refractivity contribution >= 4 is 17.7 Å². The highest BCUT2D eigenvalue weighted by Crippen LogP contribution is 2.28. The SMILES string of the molecule is COC(=O)/C=C\CC1CCCS1. The number of allylic oxidation sites excluding steroid dienone is 1. The van der Waals surface area contributed by atoms with Crippen molar-refractivity contribution in [2.24, 2.45) is 0 Å². The van der Waals surface area contributed by atoms with Gasteiger partial charge in [-0.15, -0.1) is 0 Å². The van der Waals surface area contributed by atoms with Crippen LogP contribution in [-0.2, 0) is 9.53 Å². The van der Waals surface area contributed by atoms with E-state index in [-0.39, 0.29) is 5.97 Å². The standard InChI is InChI=1S/C9H14O2S/c1-11-9(10)6-2-4-8-5-3-7-12-8/h2,6,8H,3-5,7H2,1H3/b6-2-. The Labute approximate surface area is 77.4 Å². The molecule has 1 atom stereocenters. The lowest BCUT2D eigenvalue weighted by atomic mass is 10.2. The van der Waals surface area contributed by atoms with Gasteiger partial charge in [0, 0.05) is 11.3 Å². The maximum Gasteiger partial charge on any atom is 0.330 e. The second-order valence-electron chi connectivity index (χ2n) is 2.80. The van der Waals surface area contributed by atoms with Crippen LogP contribution in [0.25, 0.3) is 0 Å². The first kappa shape index (κ1) is 9.65. The molecule has 12 heavy (non-hydrogen) atoms. The van der Waals surface area contributed by atoms with Crippen molar-refractivity contribution in [3.63, 3.8) is 0 Å². The van der Waals surface area contributed by atoms with Gasteiger partial charge in [0.2, 0.25) is 0 Å². The molecule has 0 aromatic carbocycles. The monoisotopic (exact) mass is 186 g/mol.